The number of hydrogen-bond donors (Lipinski definition) is 1. The van der Waals surface area contributed by atoms with Gasteiger partial charge in [0.2, 0.25) is 0 Å². The van der Waals surface area contributed by atoms with Gasteiger partial charge >= 0.3 is 0 Å². The summed E-state index contributed by atoms with van der Waals surface area (Å²) in [7, 11) is 1.60. The lowest BCUT2D eigenvalue weighted by Crippen LogP contribution is -2.16. The number of carbonyl (C=O) groups is 1. The summed E-state index contributed by atoms with van der Waals surface area (Å²) in [6, 6.07) is 21.8. The molecule has 0 aliphatic rings. The average Bonchev–Trinajstić information content (AvgIpc) is 2.68. The normalized spacial score (nSPS) is 11.7. The predicted octanol–water partition coefficient (Wildman–Crippen LogP) is 6.43. The minimum Gasteiger partial charge on any atom is -0.497 e. The molecule has 0 amide bonds. The number of ketones is 1. The highest BCUT2D eigenvalue weighted by molar-refractivity contribution is 6.31. The molecule has 0 radical (unpaired) electrons. The van der Waals surface area contributed by atoms with E-state index in [-0.39, 0.29) is 11.8 Å². The third-order valence-electron chi connectivity index (χ3n) is 4.24. The predicted molar refractivity (Wildman–Crippen MR) is 111 cm³/mol. The number of hydrogen-bond acceptors (Lipinski definition) is 3. The van der Waals surface area contributed by atoms with Crippen LogP contribution in [0.1, 0.15) is 28.4 Å². The summed E-state index contributed by atoms with van der Waals surface area (Å²) in [6.45, 7) is 0. The van der Waals surface area contributed by atoms with E-state index in [1.165, 1.54) is 0 Å². The Bertz CT molecular complexity index is 908. The molecule has 5 heteroatoms. The van der Waals surface area contributed by atoms with Gasteiger partial charge in [-0.15, -0.1) is 0 Å². The second-order valence-electron chi connectivity index (χ2n) is 6.11. The Morgan fingerprint density at radius 2 is 1.67 bits per heavy atom. The lowest BCUT2D eigenvalue weighted by atomic mass is 9.97. The molecule has 1 unspecified atom stereocenters. The van der Waals surface area contributed by atoms with Gasteiger partial charge in [-0.25, -0.2) is 0 Å². The van der Waals surface area contributed by atoms with Crippen molar-refractivity contribution in [3.05, 3.63) is 94.0 Å². The first-order valence-corrected chi connectivity index (χ1v) is 9.25. The molecule has 0 spiro atoms. The number of Topliss-reactive ketones (excluding diaryl/α,β-unsaturated/α-hetero) is 1. The summed E-state index contributed by atoms with van der Waals surface area (Å²) in [5.41, 5.74) is 2.47. The van der Waals surface area contributed by atoms with Crippen molar-refractivity contribution in [2.75, 3.05) is 12.4 Å². The van der Waals surface area contributed by atoms with Crippen molar-refractivity contribution in [2.45, 2.75) is 12.5 Å². The minimum absolute atomic E-state index is 0.0344. The standard InChI is InChI=1S/C22H19Cl2NO2/c1-27-20-11-7-16(8-12-20)22(26)14-21(15-5-9-17(23)10-6-15)25-19-4-2-3-18(24)13-19/h2-13,21,25H,14H2,1H3. The summed E-state index contributed by atoms with van der Waals surface area (Å²) < 4.78 is 5.15. The molecule has 3 nitrogen and oxygen atoms in total. The molecule has 0 fully saturated rings. The molecule has 3 rings (SSSR count). The van der Waals surface area contributed by atoms with Gasteiger partial charge in [0.1, 0.15) is 5.75 Å². The highest BCUT2D eigenvalue weighted by Crippen LogP contribution is 2.27. The quantitative estimate of drug-likeness (QED) is 0.465. The van der Waals surface area contributed by atoms with Gasteiger partial charge in [-0.1, -0.05) is 41.4 Å². The van der Waals surface area contributed by atoms with E-state index in [9.17, 15) is 4.79 Å². The lowest BCUT2D eigenvalue weighted by Gasteiger charge is -2.20. The summed E-state index contributed by atoms with van der Waals surface area (Å²) in [5, 5.41) is 4.70. The maximum absolute atomic E-state index is 12.8. The highest BCUT2D eigenvalue weighted by atomic mass is 35.5. The molecule has 0 aromatic heterocycles. The molecule has 3 aromatic rings. The van der Waals surface area contributed by atoms with E-state index in [2.05, 4.69) is 5.32 Å². The van der Waals surface area contributed by atoms with Gasteiger partial charge in [-0.2, -0.15) is 0 Å². The third kappa shape index (κ3) is 5.25. The Labute approximate surface area is 168 Å². The SMILES string of the molecule is COc1ccc(C(=O)CC(Nc2cccc(Cl)c2)c2ccc(Cl)cc2)cc1. The number of nitrogens with one attached hydrogen (secondary N) is 1. The Morgan fingerprint density at radius 3 is 2.30 bits per heavy atom. The van der Waals surface area contributed by atoms with Crippen molar-refractivity contribution >= 4 is 34.7 Å². The van der Waals surface area contributed by atoms with Gasteiger partial charge in [0.15, 0.2) is 5.78 Å². The molecule has 0 bridgehead atoms. The Balaban J connectivity index is 1.84. The smallest absolute Gasteiger partial charge is 0.165 e. The monoisotopic (exact) mass is 399 g/mol. The van der Waals surface area contributed by atoms with Gasteiger partial charge < -0.3 is 10.1 Å². The van der Waals surface area contributed by atoms with Crippen molar-refractivity contribution in [1.82, 2.24) is 0 Å². The van der Waals surface area contributed by atoms with Gasteiger partial charge in [0.25, 0.3) is 0 Å². The molecular weight excluding hydrogens is 381 g/mol. The number of carbonyl (C=O) groups excluding carboxylic acids is 1. The summed E-state index contributed by atoms with van der Waals surface area (Å²) >= 11 is 12.1. The summed E-state index contributed by atoms with van der Waals surface area (Å²) in [4.78, 5) is 12.8. The zero-order chi connectivity index (χ0) is 19.2. The maximum Gasteiger partial charge on any atom is 0.165 e. The fourth-order valence-corrected chi connectivity index (χ4v) is 3.12. The van der Waals surface area contributed by atoms with Gasteiger partial charge in [-0.3, -0.25) is 4.79 Å². The van der Waals surface area contributed by atoms with Crippen LogP contribution in [0, 0.1) is 0 Å². The van der Waals surface area contributed by atoms with Crippen molar-refractivity contribution < 1.29 is 9.53 Å². The van der Waals surface area contributed by atoms with Crippen molar-refractivity contribution in [2.24, 2.45) is 0 Å². The van der Waals surface area contributed by atoms with Crippen LogP contribution >= 0.6 is 23.2 Å². The average molecular weight is 400 g/mol. The van der Waals surface area contributed by atoms with E-state index in [1.54, 1.807) is 31.4 Å². The van der Waals surface area contributed by atoms with Crippen LogP contribution in [-0.2, 0) is 0 Å². The number of methoxy groups -OCH3 is 1. The molecule has 0 saturated carbocycles. The number of anilines is 1. The van der Waals surface area contributed by atoms with E-state index in [0.717, 1.165) is 17.0 Å². The van der Waals surface area contributed by atoms with E-state index < -0.39 is 0 Å². The van der Waals surface area contributed by atoms with Crippen LogP contribution in [0.5, 0.6) is 5.75 Å². The van der Waals surface area contributed by atoms with E-state index >= 15 is 0 Å². The molecule has 138 valence electrons. The van der Waals surface area contributed by atoms with E-state index in [0.29, 0.717) is 22.0 Å². The van der Waals surface area contributed by atoms with Crippen LogP contribution in [0.3, 0.4) is 0 Å². The highest BCUT2D eigenvalue weighted by Gasteiger charge is 2.18. The van der Waals surface area contributed by atoms with E-state index in [1.807, 2.05) is 48.5 Å². The Kier molecular flexibility index (Phi) is 6.38. The van der Waals surface area contributed by atoms with Crippen LogP contribution < -0.4 is 10.1 Å². The molecular formula is C22H19Cl2NO2. The minimum atomic E-state index is -0.213. The van der Waals surface area contributed by atoms with Crippen LogP contribution in [0.15, 0.2) is 72.8 Å². The van der Waals surface area contributed by atoms with Gasteiger partial charge in [-0.05, 0) is 60.2 Å². The third-order valence-corrected chi connectivity index (χ3v) is 4.73. The van der Waals surface area contributed by atoms with Crippen LogP contribution in [0.25, 0.3) is 0 Å². The fourth-order valence-electron chi connectivity index (χ4n) is 2.81. The first-order chi connectivity index (χ1) is 13.0. The molecule has 1 N–H and O–H groups in total. The number of rotatable bonds is 7. The molecule has 0 saturated heterocycles. The van der Waals surface area contributed by atoms with E-state index in [4.69, 9.17) is 27.9 Å². The van der Waals surface area contributed by atoms with Crippen molar-refractivity contribution in [3.8, 4) is 5.75 Å². The zero-order valence-corrected chi connectivity index (χ0v) is 16.3. The number of ether oxygens (including phenoxy) is 1. The maximum atomic E-state index is 12.8. The van der Waals surface area contributed by atoms with Crippen LogP contribution in [0.4, 0.5) is 5.69 Å². The van der Waals surface area contributed by atoms with Crippen LogP contribution in [-0.4, -0.2) is 12.9 Å². The van der Waals surface area contributed by atoms with Crippen molar-refractivity contribution in [3.63, 3.8) is 0 Å². The second-order valence-corrected chi connectivity index (χ2v) is 6.99. The van der Waals surface area contributed by atoms with Crippen LogP contribution in [0.2, 0.25) is 10.0 Å². The molecule has 0 heterocycles. The fraction of sp³-hybridized carbons (Fsp3) is 0.136. The zero-order valence-electron chi connectivity index (χ0n) is 14.8. The number of halogens is 2. The second kappa shape index (κ2) is 8.94. The molecule has 3 aromatic carbocycles. The first-order valence-electron chi connectivity index (χ1n) is 8.50. The largest absolute Gasteiger partial charge is 0.497 e. The molecule has 1 atom stereocenters. The molecule has 0 aliphatic heterocycles. The van der Waals surface area contributed by atoms with Gasteiger partial charge in [0.05, 0.1) is 13.2 Å². The lowest BCUT2D eigenvalue weighted by molar-refractivity contribution is 0.0976. The summed E-state index contributed by atoms with van der Waals surface area (Å²) in [5.74, 6) is 0.755. The summed E-state index contributed by atoms with van der Waals surface area (Å²) in [6.07, 6.45) is 0.292. The molecule has 27 heavy (non-hydrogen) atoms. The topological polar surface area (TPSA) is 38.3 Å². The number of benzene rings is 3. The molecule has 0 aliphatic carbocycles. The van der Waals surface area contributed by atoms with Gasteiger partial charge in [0, 0.05) is 27.7 Å². The first kappa shape index (κ1) is 19.3. The Hall–Kier alpha value is -2.49. The van der Waals surface area contributed by atoms with Crippen molar-refractivity contribution in [1.29, 1.82) is 0 Å². The Morgan fingerprint density at radius 1 is 0.963 bits per heavy atom.